The Bertz CT molecular complexity index is 471. The van der Waals surface area contributed by atoms with E-state index < -0.39 is 6.04 Å². The van der Waals surface area contributed by atoms with E-state index >= 15 is 0 Å². The van der Waals surface area contributed by atoms with Crippen molar-refractivity contribution in [3.05, 3.63) is 35.9 Å². The van der Waals surface area contributed by atoms with Crippen LogP contribution < -0.4 is 11.1 Å². The van der Waals surface area contributed by atoms with E-state index in [9.17, 15) is 4.79 Å². The molecular formula is C18H31Cl2N3O2. The maximum absolute atomic E-state index is 12.3. The molecule has 0 aromatic heterocycles. The molecule has 2 atom stereocenters. The second-order valence-corrected chi connectivity index (χ2v) is 6.20. The summed E-state index contributed by atoms with van der Waals surface area (Å²) in [4.78, 5) is 14.6. The summed E-state index contributed by atoms with van der Waals surface area (Å²) in [5.41, 5.74) is 7.19. The van der Waals surface area contributed by atoms with Crippen LogP contribution in [-0.2, 0) is 16.0 Å². The highest BCUT2D eigenvalue weighted by molar-refractivity contribution is 5.85. The van der Waals surface area contributed by atoms with Crippen molar-refractivity contribution in [2.24, 2.45) is 5.73 Å². The third-order valence-corrected chi connectivity index (χ3v) is 4.19. The molecule has 1 aromatic rings. The van der Waals surface area contributed by atoms with E-state index in [2.05, 4.69) is 22.3 Å². The number of carbonyl (C=O) groups excluding carboxylic acids is 1. The fourth-order valence-electron chi connectivity index (χ4n) is 2.91. The fourth-order valence-corrected chi connectivity index (χ4v) is 2.91. The number of carbonyl (C=O) groups is 1. The standard InChI is InChI=1S/C18H29N3O2.2ClH/c1-2-6-17(19)18(22)20-16(13-15-7-4-3-5-8-15)14-21-9-11-23-12-10-21;;/h3-5,7-8,16-17H,2,6,9-14,19H2,1H3,(H,20,22);2*1H. The molecule has 144 valence electrons. The Hall–Kier alpha value is -0.850. The lowest BCUT2D eigenvalue weighted by atomic mass is 10.0. The summed E-state index contributed by atoms with van der Waals surface area (Å²) in [6, 6.07) is 9.94. The molecule has 1 aliphatic rings. The van der Waals surface area contributed by atoms with Crippen molar-refractivity contribution < 1.29 is 9.53 Å². The van der Waals surface area contributed by atoms with Crippen molar-refractivity contribution in [2.75, 3.05) is 32.8 Å². The highest BCUT2D eigenvalue weighted by Gasteiger charge is 2.21. The molecule has 0 spiro atoms. The van der Waals surface area contributed by atoms with Gasteiger partial charge in [0.1, 0.15) is 0 Å². The molecule has 0 saturated carbocycles. The van der Waals surface area contributed by atoms with Crippen LogP contribution in [0.3, 0.4) is 0 Å². The lowest BCUT2D eigenvalue weighted by molar-refractivity contribution is -0.123. The maximum atomic E-state index is 12.3. The lowest BCUT2D eigenvalue weighted by Gasteiger charge is -2.31. The van der Waals surface area contributed by atoms with Crippen molar-refractivity contribution >= 4 is 30.7 Å². The summed E-state index contributed by atoms with van der Waals surface area (Å²) >= 11 is 0. The second-order valence-electron chi connectivity index (χ2n) is 6.20. The molecule has 1 saturated heterocycles. The molecule has 0 radical (unpaired) electrons. The van der Waals surface area contributed by atoms with Crippen LogP contribution in [0.25, 0.3) is 0 Å². The van der Waals surface area contributed by atoms with Crippen molar-refractivity contribution in [1.82, 2.24) is 10.2 Å². The Morgan fingerprint density at radius 2 is 1.88 bits per heavy atom. The van der Waals surface area contributed by atoms with Gasteiger partial charge in [-0.05, 0) is 18.4 Å². The van der Waals surface area contributed by atoms with E-state index in [-0.39, 0.29) is 36.8 Å². The molecule has 1 fully saturated rings. The first-order valence-electron chi connectivity index (χ1n) is 8.59. The van der Waals surface area contributed by atoms with Crippen LogP contribution in [0.5, 0.6) is 0 Å². The zero-order chi connectivity index (χ0) is 16.5. The maximum Gasteiger partial charge on any atom is 0.237 e. The van der Waals surface area contributed by atoms with Crippen molar-refractivity contribution in [2.45, 2.75) is 38.3 Å². The molecular weight excluding hydrogens is 361 g/mol. The van der Waals surface area contributed by atoms with Crippen molar-refractivity contribution in [3.8, 4) is 0 Å². The van der Waals surface area contributed by atoms with Gasteiger partial charge in [-0.2, -0.15) is 0 Å². The number of ether oxygens (including phenoxy) is 1. The van der Waals surface area contributed by atoms with Gasteiger partial charge in [0.05, 0.1) is 19.3 Å². The first kappa shape index (κ1) is 24.1. The number of morpholine rings is 1. The summed E-state index contributed by atoms with van der Waals surface area (Å²) in [7, 11) is 0. The molecule has 2 unspecified atom stereocenters. The number of benzene rings is 1. The number of nitrogens with two attached hydrogens (primary N) is 1. The zero-order valence-corrected chi connectivity index (χ0v) is 16.5. The highest BCUT2D eigenvalue weighted by Crippen LogP contribution is 2.07. The first-order valence-corrected chi connectivity index (χ1v) is 8.59. The number of nitrogens with zero attached hydrogens (tertiary/aromatic N) is 1. The van der Waals surface area contributed by atoms with E-state index in [4.69, 9.17) is 10.5 Å². The summed E-state index contributed by atoms with van der Waals surface area (Å²) < 4.78 is 5.40. The van der Waals surface area contributed by atoms with Crippen LogP contribution in [-0.4, -0.2) is 55.7 Å². The molecule has 7 heteroatoms. The zero-order valence-electron chi connectivity index (χ0n) is 14.9. The molecule has 1 aromatic carbocycles. The van der Waals surface area contributed by atoms with Gasteiger partial charge in [-0.1, -0.05) is 43.7 Å². The molecule has 2 rings (SSSR count). The highest BCUT2D eigenvalue weighted by atomic mass is 35.5. The minimum absolute atomic E-state index is 0. The minimum Gasteiger partial charge on any atom is -0.379 e. The van der Waals surface area contributed by atoms with Crippen LogP contribution in [0, 0.1) is 0 Å². The van der Waals surface area contributed by atoms with Gasteiger partial charge in [0.25, 0.3) is 0 Å². The largest absolute Gasteiger partial charge is 0.379 e. The van der Waals surface area contributed by atoms with Gasteiger partial charge in [-0.25, -0.2) is 0 Å². The van der Waals surface area contributed by atoms with E-state index in [0.717, 1.165) is 52.1 Å². The molecule has 1 heterocycles. The molecule has 0 bridgehead atoms. The number of hydrogen-bond donors (Lipinski definition) is 2. The van der Waals surface area contributed by atoms with Crippen LogP contribution in [0.15, 0.2) is 30.3 Å². The third kappa shape index (κ3) is 8.88. The predicted molar refractivity (Wildman–Crippen MR) is 107 cm³/mol. The quantitative estimate of drug-likeness (QED) is 0.710. The van der Waals surface area contributed by atoms with Crippen LogP contribution in [0.4, 0.5) is 0 Å². The fraction of sp³-hybridized carbons (Fsp3) is 0.611. The summed E-state index contributed by atoms with van der Waals surface area (Å²) in [6.07, 6.45) is 2.46. The van der Waals surface area contributed by atoms with Gasteiger partial charge in [0, 0.05) is 25.7 Å². The SMILES string of the molecule is CCCC(N)C(=O)NC(Cc1ccccc1)CN1CCOCC1.Cl.Cl. The molecule has 5 nitrogen and oxygen atoms in total. The van der Waals surface area contributed by atoms with Gasteiger partial charge >= 0.3 is 0 Å². The van der Waals surface area contributed by atoms with Gasteiger partial charge in [0.15, 0.2) is 0 Å². The predicted octanol–water partition coefficient (Wildman–Crippen LogP) is 2.02. The van der Waals surface area contributed by atoms with E-state index in [1.54, 1.807) is 0 Å². The van der Waals surface area contributed by atoms with Crippen molar-refractivity contribution in [3.63, 3.8) is 0 Å². The monoisotopic (exact) mass is 391 g/mol. The Kier molecular flexibility index (Phi) is 12.9. The molecule has 3 N–H and O–H groups in total. The normalized spacial score (nSPS) is 16.9. The number of hydrogen-bond acceptors (Lipinski definition) is 4. The molecule has 0 aliphatic carbocycles. The van der Waals surface area contributed by atoms with Crippen LogP contribution >= 0.6 is 24.8 Å². The average molecular weight is 392 g/mol. The Balaban J connectivity index is 0.00000288. The van der Waals surface area contributed by atoms with Gasteiger partial charge in [-0.3, -0.25) is 9.69 Å². The smallest absolute Gasteiger partial charge is 0.237 e. The molecule has 25 heavy (non-hydrogen) atoms. The summed E-state index contributed by atoms with van der Waals surface area (Å²) in [6.45, 7) is 6.25. The Labute approximate surface area is 163 Å². The van der Waals surface area contributed by atoms with Gasteiger partial charge in [-0.15, -0.1) is 24.8 Å². The Morgan fingerprint density at radius 3 is 2.48 bits per heavy atom. The topological polar surface area (TPSA) is 67.6 Å². The summed E-state index contributed by atoms with van der Waals surface area (Å²) in [5.74, 6) is -0.0407. The minimum atomic E-state index is -0.414. The van der Waals surface area contributed by atoms with Gasteiger partial charge in [0.2, 0.25) is 5.91 Å². The lowest BCUT2D eigenvalue weighted by Crippen LogP contribution is -2.52. The number of rotatable bonds is 8. The second kappa shape index (κ2) is 13.4. The molecule has 1 amide bonds. The van der Waals surface area contributed by atoms with E-state index in [1.807, 2.05) is 25.1 Å². The third-order valence-electron chi connectivity index (χ3n) is 4.19. The van der Waals surface area contributed by atoms with E-state index in [0.29, 0.717) is 0 Å². The Morgan fingerprint density at radius 1 is 1.24 bits per heavy atom. The van der Waals surface area contributed by atoms with E-state index in [1.165, 1.54) is 5.56 Å². The number of nitrogens with one attached hydrogen (secondary N) is 1. The van der Waals surface area contributed by atoms with Crippen LogP contribution in [0.2, 0.25) is 0 Å². The summed E-state index contributed by atoms with van der Waals surface area (Å²) in [5, 5.41) is 3.15. The average Bonchev–Trinajstić information content (AvgIpc) is 2.57. The molecule has 1 aliphatic heterocycles. The number of amides is 1. The first-order chi connectivity index (χ1) is 11.2. The van der Waals surface area contributed by atoms with Crippen molar-refractivity contribution in [1.29, 1.82) is 0 Å². The van der Waals surface area contributed by atoms with Gasteiger partial charge < -0.3 is 15.8 Å². The van der Waals surface area contributed by atoms with Crippen LogP contribution in [0.1, 0.15) is 25.3 Å². The number of halogens is 2.